The number of fused-ring (bicyclic) bond motifs is 1. The number of rotatable bonds is 4. The summed E-state index contributed by atoms with van der Waals surface area (Å²) in [7, 11) is 2.07. The summed E-state index contributed by atoms with van der Waals surface area (Å²) in [6.07, 6.45) is 10.5. The SMILES string of the molecule is CCNC(c1cc2c(s1)CCCCC2)c1nccn1C. The van der Waals surface area contributed by atoms with E-state index in [1.54, 1.807) is 10.4 Å². The number of thiophene rings is 1. The second-order valence-electron chi connectivity index (χ2n) is 5.54. The average molecular weight is 289 g/mol. The van der Waals surface area contributed by atoms with Gasteiger partial charge in [-0.25, -0.2) is 4.98 Å². The molecule has 0 saturated carbocycles. The van der Waals surface area contributed by atoms with Gasteiger partial charge in [-0.15, -0.1) is 11.3 Å². The lowest BCUT2D eigenvalue weighted by Crippen LogP contribution is -2.24. The fourth-order valence-corrected chi connectivity index (χ4v) is 4.34. The van der Waals surface area contributed by atoms with Gasteiger partial charge in [-0.2, -0.15) is 0 Å². The molecule has 2 heterocycles. The number of hydrogen-bond acceptors (Lipinski definition) is 3. The van der Waals surface area contributed by atoms with Gasteiger partial charge in [0.1, 0.15) is 11.9 Å². The Bertz CT molecular complexity index is 547. The van der Waals surface area contributed by atoms with Crippen molar-refractivity contribution in [3.05, 3.63) is 39.6 Å². The number of nitrogens with one attached hydrogen (secondary N) is 1. The normalized spacial score (nSPS) is 16.7. The predicted molar refractivity (Wildman–Crippen MR) is 84.3 cm³/mol. The van der Waals surface area contributed by atoms with Gasteiger partial charge >= 0.3 is 0 Å². The zero-order valence-corrected chi connectivity index (χ0v) is 13.2. The smallest absolute Gasteiger partial charge is 0.131 e. The molecular formula is C16H23N3S. The van der Waals surface area contributed by atoms with E-state index in [1.807, 2.05) is 23.7 Å². The molecule has 0 radical (unpaired) electrons. The van der Waals surface area contributed by atoms with Gasteiger partial charge in [0.05, 0.1) is 0 Å². The third-order valence-electron chi connectivity index (χ3n) is 4.08. The van der Waals surface area contributed by atoms with Gasteiger partial charge in [0, 0.05) is 29.2 Å². The fourth-order valence-electron chi connectivity index (χ4n) is 3.01. The van der Waals surface area contributed by atoms with Crippen molar-refractivity contribution in [3.8, 4) is 0 Å². The largest absolute Gasteiger partial charge is 0.336 e. The van der Waals surface area contributed by atoms with Gasteiger partial charge in [0.2, 0.25) is 0 Å². The summed E-state index contributed by atoms with van der Waals surface area (Å²) in [5, 5.41) is 3.59. The minimum absolute atomic E-state index is 0.233. The molecule has 108 valence electrons. The van der Waals surface area contributed by atoms with Gasteiger partial charge in [-0.1, -0.05) is 13.3 Å². The molecule has 0 aromatic carbocycles. The van der Waals surface area contributed by atoms with Gasteiger partial charge in [-0.05, 0) is 43.9 Å². The molecular weight excluding hydrogens is 266 g/mol. The number of aryl methyl sites for hydroxylation is 3. The van der Waals surface area contributed by atoms with Crippen molar-refractivity contribution in [3.63, 3.8) is 0 Å². The van der Waals surface area contributed by atoms with Crippen molar-refractivity contribution in [2.45, 2.75) is 45.1 Å². The van der Waals surface area contributed by atoms with Crippen LogP contribution < -0.4 is 5.32 Å². The quantitative estimate of drug-likeness (QED) is 0.874. The minimum Gasteiger partial charge on any atom is -0.336 e. The molecule has 1 unspecified atom stereocenters. The van der Waals surface area contributed by atoms with E-state index < -0.39 is 0 Å². The Morgan fingerprint density at radius 3 is 2.95 bits per heavy atom. The molecule has 0 amide bonds. The second kappa shape index (κ2) is 6.10. The van der Waals surface area contributed by atoms with E-state index in [9.17, 15) is 0 Å². The first-order valence-corrected chi connectivity index (χ1v) is 8.43. The lowest BCUT2D eigenvalue weighted by Gasteiger charge is -2.16. The molecule has 1 N–H and O–H groups in total. The first-order chi connectivity index (χ1) is 9.79. The summed E-state index contributed by atoms with van der Waals surface area (Å²) < 4.78 is 2.12. The molecule has 20 heavy (non-hydrogen) atoms. The van der Waals surface area contributed by atoms with Crippen molar-refractivity contribution in [2.24, 2.45) is 7.05 Å². The van der Waals surface area contributed by atoms with Gasteiger partial charge in [0.25, 0.3) is 0 Å². The second-order valence-corrected chi connectivity index (χ2v) is 6.71. The number of nitrogens with zero attached hydrogens (tertiary/aromatic N) is 2. The molecule has 4 heteroatoms. The van der Waals surface area contributed by atoms with Crippen molar-refractivity contribution in [2.75, 3.05) is 6.54 Å². The number of imidazole rings is 1. The van der Waals surface area contributed by atoms with E-state index in [0.29, 0.717) is 0 Å². The summed E-state index contributed by atoms with van der Waals surface area (Å²) in [6.45, 7) is 3.12. The Hall–Kier alpha value is -1.13. The summed E-state index contributed by atoms with van der Waals surface area (Å²) >= 11 is 1.99. The third-order valence-corrected chi connectivity index (χ3v) is 5.38. The molecule has 0 aliphatic heterocycles. The van der Waals surface area contributed by atoms with E-state index in [4.69, 9.17) is 0 Å². The molecule has 0 bridgehead atoms. The molecule has 1 aliphatic rings. The Morgan fingerprint density at radius 2 is 2.20 bits per heavy atom. The number of aromatic nitrogens is 2. The number of hydrogen-bond donors (Lipinski definition) is 1. The van der Waals surface area contributed by atoms with Crippen LogP contribution in [0.15, 0.2) is 18.5 Å². The molecule has 0 saturated heterocycles. The van der Waals surface area contributed by atoms with Crippen LogP contribution in [0.4, 0.5) is 0 Å². The topological polar surface area (TPSA) is 29.9 Å². The zero-order valence-electron chi connectivity index (χ0n) is 12.4. The minimum atomic E-state index is 0.233. The maximum absolute atomic E-state index is 4.54. The van der Waals surface area contributed by atoms with Crippen LogP contribution >= 0.6 is 11.3 Å². The fraction of sp³-hybridized carbons (Fsp3) is 0.562. The van der Waals surface area contributed by atoms with E-state index in [-0.39, 0.29) is 6.04 Å². The zero-order chi connectivity index (χ0) is 13.9. The summed E-state index contributed by atoms with van der Waals surface area (Å²) in [5.74, 6) is 1.11. The van der Waals surface area contributed by atoms with Crippen LogP contribution in [0.5, 0.6) is 0 Å². The van der Waals surface area contributed by atoms with Crippen LogP contribution in [0.1, 0.15) is 53.4 Å². The maximum Gasteiger partial charge on any atom is 0.131 e. The molecule has 1 atom stereocenters. The molecule has 3 rings (SSSR count). The first kappa shape index (κ1) is 13.8. The predicted octanol–water partition coefficient (Wildman–Crippen LogP) is 3.45. The molecule has 2 aromatic heterocycles. The highest BCUT2D eigenvalue weighted by Crippen LogP contribution is 2.34. The molecule has 2 aromatic rings. The molecule has 1 aliphatic carbocycles. The van der Waals surface area contributed by atoms with Crippen molar-refractivity contribution >= 4 is 11.3 Å². The molecule has 0 spiro atoms. The van der Waals surface area contributed by atoms with Gasteiger partial charge < -0.3 is 9.88 Å². The van der Waals surface area contributed by atoms with E-state index in [2.05, 4.69) is 34.9 Å². The van der Waals surface area contributed by atoms with Crippen LogP contribution in [0.3, 0.4) is 0 Å². The van der Waals surface area contributed by atoms with E-state index in [0.717, 1.165) is 12.4 Å². The maximum atomic E-state index is 4.54. The van der Waals surface area contributed by atoms with Crippen molar-refractivity contribution in [1.29, 1.82) is 0 Å². The molecule has 0 fully saturated rings. The third kappa shape index (κ3) is 2.67. The highest BCUT2D eigenvalue weighted by Gasteiger charge is 2.22. The highest BCUT2D eigenvalue weighted by atomic mass is 32.1. The van der Waals surface area contributed by atoms with Crippen LogP contribution in [0.2, 0.25) is 0 Å². The summed E-state index contributed by atoms with van der Waals surface area (Å²) in [4.78, 5) is 7.57. The summed E-state index contributed by atoms with van der Waals surface area (Å²) in [6, 6.07) is 2.66. The van der Waals surface area contributed by atoms with E-state index >= 15 is 0 Å². The van der Waals surface area contributed by atoms with Gasteiger partial charge in [-0.3, -0.25) is 0 Å². The van der Waals surface area contributed by atoms with Crippen molar-refractivity contribution in [1.82, 2.24) is 14.9 Å². The van der Waals surface area contributed by atoms with Crippen LogP contribution in [0, 0.1) is 0 Å². The first-order valence-electron chi connectivity index (χ1n) is 7.61. The Labute approximate surface area is 125 Å². The van der Waals surface area contributed by atoms with Crippen LogP contribution in [-0.4, -0.2) is 16.1 Å². The highest BCUT2D eigenvalue weighted by molar-refractivity contribution is 7.12. The van der Waals surface area contributed by atoms with Crippen LogP contribution in [0.25, 0.3) is 0 Å². The average Bonchev–Trinajstić information content (AvgIpc) is 2.97. The standard InChI is InChI=1S/C16H23N3S/c1-3-17-15(16-18-9-10-19(16)2)14-11-12-7-5-4-6-8-13(12)20-14/h9-11,15,17H,3-8H2,1-2H3. The summed E-state index contributed by atoms with van der Waals surface area (Å²) in [5.41, 5.74) is 1.58. The van der Waals surface area contributed by atoms with Crippen LogP contribution in [-0.2, 0) is 19.9 Å². The molecule has 3 nitrogen and oxygen atoms in total. The Morgan fingerprint density at radius 1 is 1.35 bits per heavy atom. The monoisotopic (exact) mass is 289 g/mol. The lowest BCUT2D eigenvalue weighted by molar-refractivity contribution is 0.584. The Kier molecular flexibility index (Phi) is 4.22. The Balaban J connectivity index is 1.94. The van der Waals surface area contributed by atoms with E-state index in [1.165, 1.54) is 37.0 Å². The lowest BCUT2D eigenvalue weighted by atomic mass is 10.1. The van der Waals surface area contributed by atoms with Gasteiger partial charge in [0.15, 0.2) is 0 Å². The van der Waals surface area contributed by atoms with Crippen molar-refractivity contribution < 1.29 is 0 Å².